The van der Waals surface area contributed by atoms with Crippen LogP contribution in [-0.2, 0) is 4.79 Å². The van der Waals surface area contributed by atoms with Crippen LogP contribution in [0.3, 0.4) is 0 Å². The summed E-state index contributed by atoms with van der Waals surface area (Å²) in [4.78, 5) is 27.5. The summed E-state index contributed by atoms with van der Waals surface area (Å²) < 4.78 is 35.7. The molecule has 0 spiro atoms. The molecule has 0 aliphatic heterocycles. The summed E-state index contributed by atoms with van der Waals surface area (Å²) in [6.45, 7) is 0. The lowest BCUT2D eigenvalue weighted by molar-refractivity contribution is -0.167. The Morgan fingerprint density at radius 2 is 1.94 bits per heavy atom. The van der Waals surface area contributed by atoms with Crippen LogP contribution < -0.4 is 5.32 Å². The molecule has 1 rings (SSSR count). The Morgan fingerprint density at radius 1 is 1.35 bits per heavy atom. The molecule has 0 saturated carbocycles. The number of hydrogen-bond acceptors (Lipinski definition) is 4. The number of halogens is 4. The second-order valence-corrected chi connectivity index (χ2v) is 3.00. The second kappa shape index (κ2) is 4.53. The summed E-state index contributed by atoms with van der Waals surface area (Å²) in [7, 11) is 0. The molecule has 0 atom stereocenters. The van der Waals surface area contributed by atoms with Gasteiger partial charge in [-0.25, -0.2) is 14.8 Å². The number of alkyl halides is 3. The molecule has 1 aromatic rings. The summed E-state index contributed by atoms with van der Waals surface area (Å²) >= 11 is 5.27. The van der Waals surface area contributed by atoms with Gasteiger partial charge < -0.3 is 10.4 Å². The zero-order chi connectivity index (χ0) is 13.2. The molecule has 0 radical (unpaired) electrons. The van der Waals surface area contributed by atoms with Gasteiger partial charge in [0.25, 0.3) is 0 Å². The monoisotopic (exact) mass is 269 g/mol. The normalized spacial score (nSPS) is 11.1. The fourth-order valence-electron chi connectivity index (χ4n) is 0.779. The minimum atomic E-state index is -5.11. The van der Waals surface area contributed by atoms with Crippen molar-refractivity contribution >= 4 is 29.3 Å². The molecule has 0 bridgehead atoms. The lowest BCUT2D eigenvalue weighted by Crippen LogP contribution is -2.30. The molecule has 92 valence electrons. The van der Waals surface area contributed by atoms with E-state index in [2.05, 4.69) is 9.97 Å². The SMILES string of the molecule is O=C(O)c1cc(NC(=O)C(F)(F)F)nc(Cl)n1. The highest BCUT2D eigenvalue weighted by molar-refractivity contribution is 6.28. The molecule has 0 unspecified atom stereocenters. The minimum absolute atomic E-state index is 0.595. The van der Waals surface area contributed by atoms with E-state index in [1.807, 2.05) is 0 Å². The predicted molar refractivity (Wildman–Crippen MR) is 48.7 cm³/mol. The molecule has 1 amide bonds. The maximum atomic E-state index is 11.9. The number of amides is 1. The van der Waals surface area contributed by atoms with Gasteiger partial charge in [-0.15, -0.1) is 0 Å². The number of rotatable bonds is 2. The number of aromatic nitrogens is 2. The van der Waals surface area contributed by atoms with E-state index >= 15 is 0 Å². The molecule has 10 heteroatoms. The van der Waals surface area contributed by atoms with Crippen molar-refractivity contribution in [2.75, 3.05) is 5.32 Å². The van der Waals surface area contributed by atoms with Gasteiger partial charge >= 0.3 is 18.1 Å². The Balaban J connectivity index is 3.00. The highest BCUT2D eigenvalue weighted by atomic mass is 35.5. The second-order valence-electron chi connectivity index (χ2n) is 2.66. The summed E-state index contributed by atoms with van der Waals surface area (Å²) in [6, 6.07) is 0.651. The zero-order valence-corrected chi connectivity index (χ0v) is 8.50. The molecule has 17 heavy (non-hydrogen) atoms. The lowest BCUT2D eigenvalue weighted by atomic mass is 10.4. The number of nitrogens with zero attached hydrogens (tertiary/aromatic N) is 2. The quantitative estimate of drug-likeness (QED) is 0.790. The molecule has 0 aliphatic rings. The van der Waals surface area contributed by atoms with Crippen LogP contribution >= 0.6 is 11.6 Å². The predicted octanol–water partition coefficient (Wildman–Crippen LogP) is 1.33. The first-order valence-electron chi connectivity index (χ1n) is 3.86. The molecule has 6 nitrogen and oxygen atoms in total. The first-order valence-corrected chi connectivity index (χ1v) is 4.24. The number of hydrogen-bond donors (Lipinski definition) is 2. The Kier molecular flexibility index (Phi) is 3.51. The van der Waals surface area contributed by atoms with E-state index in [0.29, 0.717) is 6.07 Å². The largest absolute Gasteiger partial charge is 0.477 e. The average molecular weight is 270 g/mol. The molecule has 2 N–H and O–H groups in total. The van der Waals surface area contributed by atoms with E-state index in [0.717, 1.165) is 0 Å². The highest BCUT2D eigenvalue weighted by Crippen LogP contribution is 2.18. The summed E-state index contributed by atoms with van der Waals surface area (Å²) in [5, 5.41) is 9.30. The third-order valence-corrected chi connectivity index (χ3v) is 1.59. The molecule has 0 aromatic carbocycles. The Labute approximate surface area is 96.4 Å². The number of carboxylic acids is 1. The van der Waals surface area contributed by atoms with E-state index in [1.165, 1.54) is 5.32 Å². The smallest absolute Gasteiger partial charge is 0.471 e. The Hall–Kier alpha value is -1.90. The Morgan fingerprint density at radius 3 is 2.41 bits per heavy atom. The third kappa shape index (κ3) is 3.55. The fraction of sp³-hybridized carbons (Fsp3) is 0.143. The van der Waals surface area contributed by atoms with E-state index in [-0.39, 0.29) is 0 Å². The Bertz CT molecular complexity index is 477. The van der Waals surface area contributed by atoms with E-state index in [1.54, 1.807) is 0 Å². The molecule has 0 saturated heterocycles. The molecule has 1 heterocycles. The maximum Gasteiger partial charge on any atom is 0.471 e. The van der Waals surface area contributed by atoms with Gasteiger partial charge in [0.05, 0.1) is 0 Å². The summed E-state index contributed by atoms with van der Waals surface area (Å²) in [6.07, 6.45) is -5.11. The summed E-state index contributed by atoms with van der Waals surface area (Å²) in [5.74, 6) is -4.45. The average Bonchev–Trinajstić information content (AvgIpc) is 2.14. The van der Waals surface area contributed by atoms with Crippen LogP contribution in [0.2, 0.25) is 5.28 Å². The molecule has 0 fully saturated rings. The van der Waals surface area contributed by atoms with E-state index in [9.17, 15) is 22.8 Å². The van der Waals surface area contributed by atoms with Crippen LogP contribution in [-0.4, -0.2) is 33.1 Å². The van der Waals surface area contributed by atoms with Crippen molar-refractivity contribution < 1.29 is 27.9 Å². The van der Waals surface area contributed by atoms with Crippen LogP contribution in [0.5, 0.6) is 0 Å². The fourth-order valence-corrected chi connectivity index (χ4v) is 0.961. The van der Waals surface area contributed by atoms with Crippen molar-refractivity contribution in [3.63, 3.8) is 0 Å². The molecule has 0 aliphatic carbocycles. The van der Waals surface area contributed by atoms with Crippen LogP contribution in [0.25, 0.3) is 0 Å². The number of carbonyl (C=O) groups is 2. The van der Waals surface area contributed by atoms with Crippen molar-refractivity contribution in [1.82, 2.24) is 9.97 Å². The number of carboxylic acid groups (broad SMARTS) is 1. The first kappa shape index (κ1) is 13.2. The number of nitrogens with one attached hydrogen (secondary N) is 1. The van der Waals surface area contributed by atoms with Crippen LogP contribution in [0, 0.1) is 0 Å². The molecule has 1 aromatic heterocycles. The van der Waals surface area contributed by atoms with Gasteiger partial charge in [0.2, 0.25) is 5.28 Å². The maximum absolute atomic E-state index is 11.9. The number of carbonyl (C=O) groups excluding carboxylic acids is 1. The minimum Gasteiger partial charge on any atom is -0.477 e. The van der Waals surface area contributed by atoms with Gasteiger partial charge in [0.15, 0.2) is 5.69 Å². The van der Waals surface area contributed by atoms with Gasteiger partial charge in [-0.1, -0.05) is 0 Å². The molecular weight excluding hydrogens is 267 g/mol. The van der Waals surface area contributed by atoms with Crippen molar-refractivity contribution in [3.05, 3.63) is 17.0 Å². The standard InChI is InChI=1S/C7H3ClF3N3O3/c8-6-12-2(4(15)16)1-3(14-6)13-5(17)7(9,10)11/h1H,(H,15,16)(H,12,13,14,17). The zero-order valence-electron chi connectivity index (χ0n) is 7.75. The van der Waals surface area contributed by atoms with Gasteiger partial charge in [-0.05, 0) is 11.6 Å². The van der Waals surface area contributed by atoms with Gasteiger partial charge in [0, 0.05) is 6.07 Å². The highest BCUT2D eigenvalue weighted by Gasteiger charge is 2.39. The van der Waals surface area contributed by atoms with E-state index < -0.39 is 34.8 Å². The van der Waals surface area contributed by atoms with Crippen LogP contribution in [0.15, 0.2) is 6.07 Å². The van der Waals surface area contributed by atoms with Crippen molar-refractivity contribution in [2.45, 2.75) is 6.18 Å². The van der Waals surface area contributed by atoms with E-state index in [4.69, 9.17) is 16.7 Å². The van der Waals surface area contributed by atoms with Gasteiger partial charge in [-0.3, -0.25) is 4.79 Å². The number of aromatic carboxylic acids is 1. The third-order valence-electron chi connectivity index (χ3n) is 1.42. The first-order chi connectivity index (χ1) is 7.70. The van der Waals surface area contributed by atoms with Crippen LogP contribution in [0.1, 0.15) is 10.5 Å². The molecular formula is C7H3ClF3N3O3. The van der Waals surface area contributed by atoms with Gasteiger partial charge in [0.1, 0.15) is 5.82 Å². The van der Waals surface area contributed by atoms with Crippen molar-refractivity contribution in [2.24, 2.45) is 0 Å². The lowest BCUT2D eigenvalue weighted by Gasteiger charge is -2.07. The summed E-state index contributed by atoms with van der Waals surface area (Å²) in [5.41, 5.74) is -0.637. The van der Waals surface area contributed by atoms with Gasteiger partial charge in [-0.2, -0.15) is 13.2 Å². The van der Waals surface area contributed by atoms with Crippen molar-refractivity contribution in [1.29, 1.82) is 0 Å². The van der Waals surface area contributed by atoms with Crippen LogP contribution in [0.4, 0.5) is 19.0 Å². The van der Waals surface area contributed by atoms with Crippen molar-refractivity contribution in [3.8, 4) is 0 Å². The number of anilines is 1. The topological polar surface area (TPSA) is 92.2 Å².